The molecule has 0 rings (SSSR count). The van der Waals surface area contributed by atoms with E-state index in [9.17, 15) is 0 Å². The lowest BCUT2D eigenvalue weighted by molar-refractivity contribution is 1.16. The molecule has 0 heteroatoms. The fourth-order valence-electron chi connectivity index (χ4n) is 0.764. The fraction of sp³-hybridized carbons (Fsp3) is 0.455. The molecule has 0 unspecified atom stereocenters. The standard InChI is InChI=1S/C11H18/c1-4-6-8-10-11(3)9-7-5-2/h5-9H,4,10H2,1-3H3/b7-5-,8-6+,11-9+. The van der Waals surface area contributed by atoms with Crippen molar-refractivity contribution in [2.45, 2.75) is 33.6 Å². The molecule has 0 aromatic heterocycles. The lowest BCUT2D eigenvalue weighted by Gasteiger charge is -1.91. The van der Waals surface area contributed by atoms with E-state index in [0.29, 0.717) is 0 Å². The first-order valence-corrected chi connectivity index (χ1v) is 4.24. The Balaban J connectivity index is 3.67. The van der Waals surface area contributed by atoms with Gasteiger partial charge in [-0.3, -0.25) is 0 Å². The monoisotopic (exact) mass is 150 g/mol. The van der Waals surface area contributed by atoms with Crippen LogP contribution in [-0.2, 0) is 0 Å². The van der Waals surface area contributed by atoms with Crippen molar-refractivity contribution in [3.63, 3.8) is 0 Å². The largest absolute Gasteiger partial charge is 0.0885 e. The summed E-state index contributed by atoms with van der Waals surface area (Å²) in [6, 6.07) is 0. The molecule has 0 aromatic carbocycles. The molecule has 62 valence electrons. The first-order valence-electron chi connectivity index (χ1n) is 4.24. The first-order chi connectivity index (χ1) is 5.31. The van der Waals surface area contributed by atoms with E-state index in [1.54, 1.807) is 0 Å². The number of allylic oxidation sites excluding steroid dienone is 6. The first kappa shape index (κ1) is 10.2. The lowest BCUT2D eigenvalue weighted by Crippen LogP contribution is -1.70. The highest BCUT2D eigenvalue weighted by Gasteiger charge is 1.80. The number of rotatable bonds is 4. The molecule has 0 saturated heterocycles. The van der Waals surface area contributed by atoms with Gasteiger partial charge >= 0.3 is 0 Å². The van der Waals surface area contributed by atoms with Gasteiger partial charge in [-0.15, -0.1) is 0 Å². The SMILES string of the molecule is C/C=C\C=C(/C)C/C=C/CC. The molecule has 0 N–H and O–H groups in total. The van der Waals surface area contributed by atoms with Crippen LogP contribution in [0, 0.1) is 0 Å². The molecule has 0 aliphatic carbocycles. The van der Waals surface area contributed by atoms with Crippen LogP contribution in [0.2, 0.25) is 0 Å². The molecule has 0 fully saturated rings. The van der Waals surface area contributed by atoms with Gasteiger partial charge in [0, 0.05) is 0 Å². The Morgan fingerprint density at radius 3 is 2.55 bits per heavy atom. The average Bonchev–Trinajstić information content (AvgIpc) is 2.01. The third-order valence-corrected chi connectivity index (χ3v) is 1.42. The predicted molar refractivity (Wildman–Crippen MR) is 52.6 cm³/mol. The maximum atomic E-state index is 2.22. The van der Waals surface area contributed by atoms with E-state index in [4.69, 9.17) is 0 Å². The summed E-state index contributed by atoms with van der Waals surface area (Å²) in [5.74, 6) is 0. The van der Waals surface area contributed by atoms with Gasteiger partial charge in [0.05, 0.1) is 0 Å². The Bertz CT molecular complexity index is 159. The van der Waals surface area contributed by atoms with Gasteiger partial charge in [0.1, 0.15) is 0 Å². The van der Waals surface area contributed by atoms with E-state index < -0.39 is 0 Å². The minimum Gasteiger partial charge on any atom is -0.0885 e. The Hall–Kier alpha value is -0.780. The van der Waals surface area contributed by atoms with Crippen LogP contribution in [0.5, 0.6) is 0 Å². The highest BCUT2D eigenvalue weighted by molar-refractivity contribution is 5.12. The highest BCUT2D eigenvalue weighted by Crippen LogP contribution is 2.01. The van der Waals surface area contributed by atoms with Crippen molar-refractivity contribution in [2.75, 3.05) is 0 Å². The molecule has 0 heterocycles. The average molecular weight is 150 g/mol. The molecule has 0 amide bonds. The van der Waals surface area contributed by atoms with Gasteiger partial charge in [0.2, 0.25) is 0 Å². The predicted octanol–water partition coefficient (Wildman–Crippen LogP) is 3.87. The summed E-state index contributed by atoms with van der Waals surface area (Å²) < 4.78 is 0. The topological polar surface area (TPSA) is 0 Å². The summed E-state index contributed by atoms with van der Waals surface area (Å²) in [6.45, 7) is 6.34. The Morgan fingerprint density at radius 2 is 2.00 bits per heavy atom. The second-order valence-electron chi connectivity index (χ2n) is 2.62. The lowest BCUT2D eigenvalue weighted by atomic mass is 10.2. The van der Waals surface area contributed by atoms with Gasteiger partial charge in [-0.2, -0.15) is 0 Å². The van der Waals surface area contributed by atoms with Crippen LogP contribution in [-0.4, -0.2) is 0 Å². The molecule has 0 bridgehead atoms. The van der Waals surface area contributed by atoms with E-state index in [1.165, 1.54) is 5.57 Å². The van der Waals surface area contributed by atoms with Crippen LogP contribution in [0.1, 0.15) is 33.6 Å². The molecule has 0 aliphatic heterocycles. The summed E-state index contributed by atoms with van der Waals surface area (Å²) in [4.78, 5) is 0. The molecular formula is C11H18. The molecule has 0 nitrogen and oxygen atoms in total. The fourth-order valence-corrected chi connectivity index (χ4v) is 0.764. The zero-order chi connectivity index (χ0) is 8.53. The molecule has 0 aromatic rings. The summed E-state index contributed by atoms with van der Waals surface area (Å²) >= 11 is 0. The third-order valence-electron chi connectivity index (χ3n) is 1.42. The minimum absolute atomic E-state index is 1.08. The van der Waals surface area contributed by atoms with Crippen LogP contribution >= 0.6 is 0 Å². The molecule has 0 atom stereocenters. The van der Waals surface area contributed by atoms with Gasteiger partial charge in [0.15, 0.2) is 0 Å². The van der Waals surface area contributed by atoms with Crippen molar-refractivity contribution in [1.29, 1.82) is 0 Å². The van der Waals surface area contributed by atoms with Crippen molar-refractivity contribution in [3.05, 3.63) is 36.0 Å². The summed E-state index contributed by atoms with van der Waals surface area (Å²) in [7, 11) is 0. The smallest absolute Gasteiger partial charge is 0.0138 e. The molecule has 0 radical (unpaired) electrons. The highest BCUT2D eigenvalue weighted by atomic mass is 13.9. The van der Waals surface area contributed by atoms with Crippen LogP contribution in [0.4, 0.5) is 0 Å². The van der Waals surface area contributed by atoms with Crippen LogP contribution in [0.3, 0.4) is 0 Å². The molecule has 0 aliphatic rings. The van der Waals surface area contributed by atoms with Crippen molar-refractivity contribution in [2.24, 2.45) is 0 Å². The Morgan fingerprint density at radius 1 is 1.27 bits per heavy atom. The maximum Gasteiger partial charge on any atom is -0.0138 e. The van der Waals surface area contributed by atoms with Crippen molar-refractivity contribution in [3.8, 4) is 0 Å². The third kappa shape index (κ3) is 7.11. The molecule has 0 spiro atoms. The zero-order valence-corrected chi connectivity index (χ0v) is 7.80. The summed E-state index contributed by atoms with van der Waals surface area (Å²) in [5, 5.41) is 0. The Labute approximate surface area is 70.3 Å². The van der Waals surface area contributed by atoms with Gasteiger partial charge < -0.3 is 0 Å². The van der Waals surface area contributed by atoms with Crippen LogP contribution in [0.25, 0.3) is 0 Å². The van der Waals surface area contributed by atoms with Crippen molar-refractivity contribution < 1.29 is 0 Å². The van der Waals surface area contributed by atoms with Crippen LogP contribution < -0.4 is 0 Å². The van der Waals surface area contributed by atoms with Gasteiger partial charge in [0.25, 0.3) is 0 Å². The minimum atomic E-state index is 1.08. The quantitative estimate of drug-likeness (QED) is 0.421. The van der Waals surface area contributed by atoms with E-state index >= 15 is 0 Å². The number of hydrogen-bond acceptors (Lipinski definition) is 0. The van der Waals surface area contributed by atoms with Crippen molar-refractivity contribution in [1.82, 2.24) is 0 Å². The van der Waals surface area contributed by atoms with E-state index in [-0.39, 0.29) is 0 Å². The second-order valence-corrected chi connectivity index (χ2v) is 2.62. The normalized spacial score (nSPS) is 13.5. The maximum absolute atomic E-state index is 2.22. The molecular weight excluding hydrogens is 132 g/mol. The van der Waals surface area contributed by atoms with E-state index in [2.05, 4.69) is 38.2 Å². The summed E-state index contributed by atoms with van der Waals surface area (Å²) in [5.41, 5.74) is 1.41. The number of hydrogen-bond donors (Lipinski definition) is 0. The van der Waals surface area contributed by atoms with Gasteiger partial charge in [-0.25, -0.2) is 0 Å². The van der Waals surface area contributed by atoms with Crippen LogP contribution in [0.15, 0.2) is 36.0 Å². The summed E-state index contributed by atoms with van der Waals surface area (Å²) in [6.07, 6.45) is 12.9. The van der Waals surface area contributed by atoms with Gasteiger partial charge in [-0.1, -0.05) is 42.9 Å². The molecule has 0 saturated carbocycles. The van der Waals surface area contributed by atoms with Gasteiger partial charge in [-0.05, 0) is 26.7 Å². The molecule has 11 heavy (non-hydrogen) atoms. The van der Waals surface area contributed by atoms with E-state index in [1.807, 2.05) is 13.0 Å². The van der Waals surface area contributed by atoms with E-state index in [0.717, 1.165) is 12.8 Å². The second kappa shape index (κ2) is 7.33. The zero-order valence-electron chi connectivity index (χ0n) is 7.80. The van der Waals surface area contributed by atoms with Crippen molar-refractivity contribution >= 4 is 0 Å². The Kier molecular flexibility index (Phi) is 6.81.